The number of nitrogens with zero attached hydrogens (tertiary/aromatic N) is 3. The average molecular weight is 463 g/mol. The van der Waals surface area contributed by atoms with E-state index in [1.807, 2.05) is 83.8 Å². The van der Waals surface area contributed by atoms with E-state index in [1.54, 1.807) is 11.9 Å². The topological polar surface area (TPSA) is 55.9 Å². The first kappa shape index (κ1) is 22.7. The van der Waals surface area contributed by atoms with Gasteiger partial charge in [-0.15, -0.1) is 0 Å². The summed E-state index contributed by atoms with van der Waals surface area (Å²) < 4.78 is 0. The normalized spacial score (nSPS) is 13.5. The number of nitrogens with one attached hydrogen (secondary N) is 1. The van der Waals surface area contributed by atoms with Crippen LogP contribution in [0.25, 0.3) is 0 Å². The number of rotatable bonds is 5. The van der Waals surface area contributed by atoms with Crippen molar-refractivity contribution in [1.82, 2.24) is 4.90 Å². The van der Waals surface area contributed by atoms with Gasteiger partial charge in [-0.3, -0.25) is 4.79 Å². The second-order valence-electron chi connectivity index (χ2n) is 8.05. The molecule has 3 aromatic rings. The monoisotopic (exact) mass is 462 g/mol. The number of amides is 3. The zero-order valence-electron chi connectivity index (χ0n) is 18.6. The Morgan fingerprint density at radius 2 is 1.61 bits per heavy atom. The van der Waals surface area contributed by atoms with Gasteiger partial charge < -0.3 is 20.0 Å². The summed E-state index contributed by atoms with van der Waals surface area (Å²) in [6.07, 6.45) is 0.297. The molecule has 1 fully saturated rings. The molecule has 0 saturated carbocycles. The molecule has 0 radical (unpaired) electrons. The fourth-order valence-electron chi connectivity index (χ4n) is 3.84. The number of para-hydroxylation sites is 1. The molecule has 6 nitrogen and oxygen atoms in total. The van der Waals surface area contributed by atoms with Crippen LogP contribution in [0.5, 0.6) is 0 Å². The van der Waals surface area contributed by atoms with E-state index in [1.165, 1.54) is 0 Å². The quantitative estimate of drug-likeness (QED) is 0.586. The summed E-state index contributed by atoms with van der Waals surface area (Å²) in [5.41, 5.74) is 3.55. The maximum atomic E-state index is 12.7. The van der Waals surface area contributed by atoms with Crippen molar-refractivity contribution in [2.45, 2.75) is 6.42 Å². The molecule has 0 spiro atoms. The summed E-state index contributed by atoms with van der Waals surface area (Å²) in [4.78, 5) is 31.0. The van der Waals surface area contributed by atoms with E-state index in [0.717, 1.165) is 30.0 Å². The minimum Gasteiger partial charge on any atom is -0.368 e. The minimum atomic E-state index is -0.117. The third kappa shape index (κ3) is 5.84. The Morgan fingerprint density at radius 3 is 2.27 bits per heavy atom. The SMILES string of the molecule is CN(C(=O)Cc1ccc(NC(=O)N2CCN(c3cccc(Cl)c3)CC2)cc1)c1ccccc1. The number of carbonyl (C=O) groups is 2. The van der Waals surface area contributed by atoms with Crippen molar-refractivity contribution in [3.8, 4) is 0 Å². The van der Waals surface area contributed by atoms with E-state index in [4.69, 9.17) is 11.6 Å². The molecule has 3 amide bonds. The van der Waals surface area contributed by atoms with Gasteiger partial charge in [0.25, 0.3) is 0 Å². The predicted octanol–water partition coefficient (Wildman–Crippen LogP) is 4.90. The van der Waals surface area contributed by atoms with Crippen molar-refractivity contribution in [1.29, 1.82) is 0 Å². The fourth-order valence-corrected chi connectivity index (χ4v) is 4.02. The summed E-state index contributed by atoms with van der Waals surface area (Å²) >= 11 is 6.09. The van der Waals surface area contributed by atoms with Crippen molar-refractivity contribution >= 4 is 40.6 Å². The Kier molecular flexibility index (Phi) is 7.15. The molecule has 0 atom stereocenters. The summed E-state index contributed by atoms with van der Waals surface area (Å²) in [5.74, 6) is 0.00978. The number of carbonyl (C=O) groups excluding carboxylic acids is 2. The zero-order valence-corrected chi connectivity index (χ0v) is 19.3. The summed E-state index contributed by atoms with van der Waals surface area (Å²) in [6.45, 7) is 2.78. The van der Waals surface area contributed by atoms with Gasteiger partial charge in [0.05, 0.1) is 6.42 Å². The molecular weight excluding hydrogens is 436 g/mol. The van der Waals surface area contributed by atoms with Crippen molar-refractivity contribution in [3.05, 3.63) is 89.4 Å². The van der Waals surface area contributed by atoms with Gasteiger partial charge in [0.1, 0.15) is 0 Å². The van der Waals surface area contributed by atoms with Crippen LogP contribution in [-0.4, -0.2) is 50.1 Å². The predicted molar refractivity (Wildman–Crippen MR) is 134 cm³/mol. The Balaban J connectivity index is 1.27. The number of likely N-dealkylation sites (N-methyl/N-ethyl adjacent to an activating group) is 1. The lowest BCUT2D eigenvalue weighted by molar-refractivity contribution is -0.117. The maximum Gasteiger partial charge on any atom is 0.321 e. The zero-order chi connectivity index (χ0) is 23.2. The first-order chi connectivity index (χ1) is 16.0. The number of anilines is 3. The van der Waals surface area contributed by atoms with E-state index < -0.39 is 0 Å². The van der Waals surface area contributed by atoms with Crippen LogP contribution in [0, 0.1) is 0 Å². The first-order valence-corrected chi connectivity index (χ1v) is 11.3. The molecule has 1 heterocycles. The van der Waals surface area contributed by atoms with Crippen molar-refractivity contribution in [2.75, 3.05) is 48.3 Å². The van der Waals surface area contributed by atoms with Crippen LogP contribution in [0.3, 0.4) is 0 Å². The van der Waals surface area contributed by atoms with Gasteiger partial charge in [0.2, 0.25) is 5.91 Å². The lowest BCUT2D eigenvalue weighted by atomic mass is 10.1. The molecule has 3 aromatic carbocycles. The highest BCUT2D eigenvalue weighted by molar-refractivity contribution is 6.30. The number of piperazine rings is 1. The van der Waals surface area contributed by atoms with Crippen LogP contribution < -0.4 is 15.1 Å². The van der Waals surface area contributed by atoms with Crippen LogP contribution in [0.1, 0.15) is 5.56 Å². The second-order valence-corrected chi connectivity index (χ2v) is 8.48. The van der Waals surface area contributed by atoms with Crippen LogP contribution >= 0.6 is 11.6 Å². The second kappa shape index (κ2) is 10.4. The number of urea groups is 1. The first-order valence-electron chi connectivity index (χ1n) is 11.0. The van der Waals surface area contributed by atoms with Crippen LogP contribution in [-0.2, 0) is 11.2 Å². The third-order valence-electron chi connectivity index (χ3n) is 5.82. The van der Waals surface area contributed by atoms with E-state index in [-0.39, 0.29) is 11.9 Å². The molecule has 1 saturated heterocycles. The Hall–Kier alpha value is -3.51. The van der Waals surface area contributed by atoms with E-state index in [0.29, 0.717) is 30.2 Å². The number of hydrogen-bond acceptors (Lipinski definition) is 3. The molecule has 0 aromatic heterocycles. The minimum absolute atomic E-state index is 0.00978. The van der Waals surface area contributed by atoms with Gasteiger partial charge in [-0.25, -0.2) is 4.79 Å². The van der Waals surface area contributed by atoms with Gasteiger partial charge in [0, 0.05) is 55.3 Å². The lowest BCUT2D eigenvalue weighted by Crippen LogP contribution is -2.50. The van der Waals surface area contributed by atoms with Gasteiger partial charge in [-0.05, 0) is 48.0 Å². The molecule has 1 aliphatic heterocycles. The standard InChI is InChI=1S/C26H27ClN4O2/c1-29(23-7-3-2-4-8-23)25(32)18-20-10-12-22(13-11-20)28-26(33)31-16-14-30(15-17-31)24-9-5-6-21(27)19-24/h2-13,19H,14-18H2,1H3,(H,28,33). The van der Waals surface area contributed by atoms with Crippen molar-refractivity contribution in [3.63, 3.8) is 0 Å². The van der Waals surface area contributed by atoms with Crippen molar-refractivity contribution < 1.29 is 9.59 Å². The molecule has 1 N–H and O–H groups in total. The number of benzene rings is 3. The molecule has 4 rings (SSSR count). The summed E-state index contributed by atoms with van der Waals surface area (Å²) in [7, 11) is 1.78. The molecule has 170 valence electrons. The third-order valence-corrected chi connectivity index (χ3v) is 6.05. The van der Waals surface area contributed by atoms with Crippen LogP contribution in [0.15, 0.2) is 78.9 Å². The average Bonchev–Trinajstić information content (AvgIpc) is 2.85. The number of hydrogen-bond donors (Lipinski definition) is 1. The largest absolute Gasteiger partial charge is 0.368 e. The van der Waals surface area contributed by atoms with E-state index in [9.17, 15) is 9.59 Å². The molecule has 0 bridgehead atoms. The highest BCUT2D eigenvalue weighted by atomic mass is 35.5. The number of halogens is 1. The smallest absolute Gasteiger partial charge is 0.321 e. The Labute approximate surface area is 199 Å². The lowest BCUT2D eigenvalue weighted by Gasteiger charge is -2.36. The molecule has 7 heteroatoms. The highest BCUT2D eigenvalue weighted by Gasteiger charge is 2.21. The molecule has 1 aliphatic rings. The molecule has 0 aliphatic carbocycles. The highest BCUT2D eigenvalue weighted by Crippen LogP contribution is 2.21. The fraction of sp³-hybridized carbons (Fsp3) is 0.231. The van der Waals surface area contributed by atoms with Crippen molar-refractivity contribution in [2.24, 2.45) is 0 Å². The van der Waals surface area contributed by atoms with Gasteiger partial charge in [-0.2, -0.15) is 0 Å². The van der Waals surface area contributed by atoms with Crippen LogP contribution in [0.4, 0.5) is 21.9 Å². The van der Waals surface area contributed by atoms with Gasteiger partial charge in [0.15, 0.2) is 0 Å². The summed E-state index contributed by atoms with van der Waals surface area (Å²) in [6, 6.07) is 24.7. The van der Waals surface area contributed by atoms with E-state index >= 15 is 0 Å². The van der Waals surface area contributed by atoms with E-state index in [2.05, 4.69) is 10.2 Å². The summed E-state index contributed by atoms with van der Waals surface area (Å²) in [5, 5.41) is 3.67. The van der Waals surface area contributed by atoms with Gasteiger partial charge in [-0.1, -0.05) is 48.0 Å². The Morgan fingerprint density at radius 1 is 0.909 bits per heavy atom. The molecule has 0 unspecified atom stereocenters. The molecule has 33 heavy (non-hydrogen) atoms. The molecular formula is C26H27ClN4O2. The van der Waals surface area contributed by atoms with Crippen LogP contribution in [0.2, 0.25) is 5.02 Å². The van der Waals surface area contributed by atoms with Gasteiger partial charge >= 0.3 is 6.03 Å². The Bertz CT molecular complexity index is 1100. The maximum absolute atomic E-state index is 12.7.